The number of fused-ring (bicyclic) bond motifs is 1. The first-order valence-corrected chi connectivity index (χ1v) is 13.5. The molecule has 1 aliphatic rings. The molecule has 0 atom stereocenters. The number of hydrogen-bond donors (Lipinski definition) is 1. The van der Waals surface area contributed by atoms with Crippen LogP contribution in [0, 0.1) is 0 Å². The standard InChI is InChI=1S/C23H30N6O2S2/c1-2-14-33-23-26-21(28-10-12-31-13-11-28)19-15-25-29(22(19)27-23)9-8-24-20(30)17-32-16-18-6-4-3-5-7-18/h3-7,15H,2,8-14,16-17H2,1H3,(H,24,30). The fraction of sp³-hybridized carbons (Fsp3) is 0.478. The Morgan fingerprint density at radius 1 is 1.18 bits per heavy atom. The number of nitrogens with zero attached hydrogens (tertiary/aromatic N) is 5. The van der Waals surface area contributed by atoms with Crippen LogP contribution in [0.15, 0.2) is 41.7 Å². The van der Waals surface area contributed by atoms with Gasteiger partial charge < -0.3 is 15.0 Å². The molecule has 0 unspecified atom stereocenters. The molecule has 176 valence electrons. The van der Waals surface area contributed by atoms with Crippen molar-refractivity contribution < 1.29 is 9.53 Å². The van der Waals surface area contributed by atoms with Gasteiger partial charge in [0.2, 0.25) is 5.91 Å². The fourth-order valence-corrected chi connectivity index (χ4v) is 5.05. The maximum Gasteiger partial charge on any atom is 0.230 e. The summed E-state index contributed by atoms with van der Waals surface area (Å²) in [6, 6.07) is 10.2. The molecule has 10 heteroatoms. The molecule has 1 N–H and O–H groups in total. The van der Waals surface area contributed by atoms with Gasteiger partial charge in [-0.1, -0.05) is 49.0 Å². The van der Waals surface area contributed by atoms with Gasteiger partial charge in [-0.15, -0.1) is 11.8 Å². The number of carbonyl (C=O) groups is 1. The molecule has 4 rings (SSSR count). The highest BCUT2D eigenvalue weighted by Gasteiger charge is 2.20. The zero-order chi connectivity index (χ0) is 22.9. The van der Waals surface area contributed by atoms with E-state index < -0.39 is 0 Å². The lowest BCUT2D eigenvalue weighted by Gasteiger charge is -2.28. The minimum absolute atomic E-state index is 0.0372. The smallest absolute Gasteiger partial charge is 0.230 e. The number of amides is 1. The van der Waals surface area contributed by atoms with E-state index in [0.29, 0.717) is 32.1 Å². The molecule has 1 amide bonds. The average Bonchev–Trinajstić information content (AvgIpc) is 3.26. The van der Waals surface area contributed by atoms with Gasteiger partial charge in [-0.05, 0) is 12.0 Å². The molecule has 3 aromatic rings. The molecule has 8 nitrogen and oxygen atoms in total. The lowest BCUT2D eigenvalue weighted by atomic mass is 10.2. The summed E-state index contributed by atoms with van der Waals surface area (Å²) in [6.45, 7) is 6.25. The summed E-state index contributed by atoms with van der Waals surface area (Å²) in [5.41, 5.74) is 2.05. The van der Waals surface area contributed by atoms with Gasteiger partial charge in [-0.25, -0.2) is 14.6 Å². The Bertz CT molecular complexity index is 1040. The second-order valence-electron chi connectivity index (χ2n) is 7.71. The van der Waals surface area contributed by atoms with E-state index in [9.17, 15) is 4.79 Å². The Morgan fingerprint density at radius 3 is 2.79 bits per heavy atom. The number of carbonyl (C=O) groups excluding carboxylic acids is 1. The normalized spacial score (nSPS) is 14.0. The van der Waals surface area contributed by atoms with Crippen molar-refractivity contribution in [3.05, 3.63) is 42.1 Å². The number of rotatable bonds is 11. The van der Waals surface area contributed by atoms with Crippen molar-refractivity contribution in [3.8, 4) is 0 Å². The molecular weight excluding hydrogens is 456 g/mol. The van der Waals surface area contributed by atoms with Crippen molar-refractivity contribution in [2.75, 3.05) is 49.3 Å². The van der Waals surface area contributed by atoms with E-state index in [-0.39, 0.29) is 5.91 Å². The van der Waals surface area contributed by atoms with E-state index in [4.69, 9.17) is 14.7 Å². The highest BCUT2D eigenvalue weighted by molar-refractivity contribution is 7.99. The quantitative estimate of drug-likeness (QED) is 0.327. The van der Waals surface area contributed by atoms with Gasteiger partial charge in [0.15, 0.2) is 10.8 Å². The Hall–Kier alpha value is -2.30. The molecule has 1 saturated heterocycles. The molecule has 1 fully saturated rings. The molecule has 0 spiro atoms. The Balaban J connectivity index is 1.37. The predicted molar refractivity (Wildman–Crippen MR) is 135 cm³/mol. The minimum atomic E-state index is 0.0372. The third-order valence-corrected chi connectivity index (χ3v) is 7.25. The van der Waals surface area contributed by atoms with Crippen LogP contribution < -0.4 is 10.2 Å². The van der Waals surface area contributed by atoms with Crippen LogP contribution in [-0.4, -0.2) is 70.0 Å². The van der Waals surface area contributed by atoms with Crippen LogP contribution in [0.5, 0.6) is 0 Å². The molecule has 3 heterocycles. The van der Waals surface area contributed by atoms with Crippen LogP contribution in [-0.2, 0) is 21.8 Å². The first-order valence-electron chi connectivity index (χ1n) is 11.3. The fourth-order valence-electron chi connectivity index (χ4n) is 3.55. The van der Waals surface area contributed by atoms with Gasteiger partial charge >= 0.3 is 0 Å². The Morgan fingerprint density at radius 2 is 2.00 bits per heavy atom. The van der Waals surface area contributed by atoms with Crippen LogP contribution in [0.4, 0.5) is 5.82 Å². The number of anilines is 1. The lowest BCUT2D eigenvalue weighted by Crippen LogP contribution is -2.37. The number of ether oxygens (including phenoxy) is 1. The van der Waals surface area contributed by atoms with Crippen molar-refractivity contribution >= 4 is 46.3 Å². The van der Waals surface area contributed by atoms with Crippen molar-refractivity contribution in [2.24, 2.45) is 0 Å². The van der Waals surface area contributed by atoms with E-state index in [0.717, 1.165) is 53.0 Å². The van der Waals surface area contributed by atoms with Crippen LogP contribution in [0.3, 0.4) is 0 Å². The van der Waals surface area contributed by atoms with Crippen LogP contribution in [0.2, 0.25) is 0 Å². The second-order valence-corrected chi connectivity index (χ2v) is 9.76. The monoisotopic (exact) mass is 486 g/mol. The van der Waals surface area contributed by atoms with Crippen LogP contribution in [0.25, 0.3) is 11.0 Å². The number of aromatic nitrogens is 4. The molecular formula is C23H30N6O2S2. The predicted octanol–water partition coefficient (Wildman–Crippen LogP) is 3.21. The van der Waals surface area contributed by atoms with Crippen molar-refractivity contribution in [3.63, 3.8) is 0 Å². The van der Waals surface area contributed by atoms with Gasteiger partial charge in [0.05, 0.1) is 37.1 Å². The minimum Gasteiger partial charge on any atom is -0.378 e. The SMILES string of the molecule is CCCSc1nc(N2CCOCC2)c2cnn(CCNC(=O)CSCc3ccccc3)c2n1. The summed E-state index contributed by atoms with van der Waals surface area (Å²) >= 11 is 3.29. The van der Waals surface area contributed by atoms with Crippen molar-refractivity contribution in [1.82, 2.24) is 25.1 Å². The van der Waals surface area contributed by atoms with E-state index in [2.05, 4.69) is 34.4 Å². The molecule has 2 aromatic heterocycles. The molecule has 33 heavy (non-hydrogen) atoms. The summed E-state index contributed by atoms with van der Waals surface area (Å²) < 4.78 is 7.38. The topological polar surface area (TPSA) is 85.2 Å². The zero-order valence-electron chi connectivity index (χ0n) is 18.9. The Labute approximate surface area is 202 Å². The lowest BCUT2D eigenvalue weighted by molar-refractivity contribution is -0.118. The second kappa shape index (κ2) is 12.2. The average molecular weight is 487 g/mol. The maximum absolute atomic E-state index is 12.2. The number of nitrogens with one attached hydrogen (secondary N) is 1. The number of morpholine rings is 1. The summed E-state index contributed by atoms with van der Waals surface area (Å²) in [4.78, 5) is 24.1. The molecule has 0 aliphatic carbocycles. The number of hydrogen-bond acceptors (Lipinski definition) is 8. The molecule has 1 aromatic carbocycles. The zero-order valence-corrected chi connectivity index (χ0v) is 20.5. The van der Waals surface area contributed by atoms with E-state index >= 15 is 0 Å². The highest BCUT2D eigenvalue weighted by Crippen LogP contribution is 2.28. The van der Waals surface area contributed by atoms with Crippen molar-refractivity contribution in [1.29, 1.82) is 0 Å². The first-order chi connectivity index (χ1) is 16.2. The third-order valence-electron chi connectivity index (χ3n) is 5.19. The third kappa shape index (κ3) is 6.61. The van der Waals surface area contributed by atoms with Gasteiger partial charge in [0.1, 0.15) is 5.82 Å². The van der Waals surface area contributed by atoms with E-state index in [1.807, 2.05) is 29.1 Å². The maximum atomic E-state index is 12.2. The molecule has 0 radical (unpaired) electrons. The van der Waals surface area contributed by atoms with Crippen LogP contribution in [0.1, 0.15) is 18.9 Å². The van der Waals surface area contributed by atoms with E-state index in [1.165, 1.54) is 5.56 Å². The summed E-state index contributed by atoms with van der Waals surface area (Å²) in [6.07, 6.45) is 2.90. The van der Waals surface area contributed by atoms with Gasteiger partial charge in [-0.2, -0.15) is 5.10 Å². The summed E-state index contributed by atoms with van der Waals surface area (Å²) in [5.74, 6) is 3.21. The number of benzene rings is 1. The molecule has 0 bridgehead atoms. The summed E-state index contributed by atoms with van der Waals surface area (Å²) in [5, 5.41) is 9.28. The van der Waals surface area contributed by atoms with Gasteiger partial charge in [0, 0.05) is 31.1 Å². The number of thioether (sulfide) groups is 2. The summed E-state index contributed by atoms with van der Waals surface area (Å²) in [7, 11) is 0. The molecule has 1 aliphatic heterocycles. The largest absolute Gasteiger partial charge is 0.378 e. The molecule has 0 saturated carbocycles. The Kier molecular flexibility index (Phi) is 8.85. The van der Waals surface area contributed by atoms with Gasteiger partial charge in [-0.3, -0.25) is 4.79 Å². The van der Waals surface area contributed by atoms with E-state index in [1.54, 1.807) is 23.5 Å². The van der Waals surface area contributed by atoms with Crippen molar-refractivity contribution in [2.45, 2.75) is 30.8 Å². The van der Waals surface area contributed by atoms with Gasteiger partial charge in [0.25, 0.3) is 0 Å². The first kappa shape index (κ1) is 23.8. The highest BCUT2D eigenvalue weighted by atomic mass is 32.2. The van der Waals surface area contributed by atoms with Crippen LogP contribution >= 0.6 is 23.5 Å².